The second-order valence-corrected chi connectivity index (χ2v) is 8.26. The molecular formula is C27H17N3O7. The van der Waals surface area contributed by atoms with Crippen LogP contribution in [0.15, 0.2) is 72.8 Å². The first-order valence-electron chi connectivity index (χ1n) is 11.1. The molecule has 0 radical (unpaired) electrons. The Balaban J connectivity index is 1.36. The van der Waals surface area contributed by atoms with Crippen LogP contribution in [0.4, 0.5) is 11.4 Å². The van der Waals surface area contributed by atoms with E-state index in [-0.39, 0.29) is 33.6 Å². The molecule has 3 aromatic carbocycles. The van der Waals surface area contributed by atoms with E-state index in [9.17, 15) is 29.3 Å². The van der Waals surface area contributed by atoms with Gasteiger partial charge in [0.15, 0.2) is 12.4 Å². The third kappa shape index (κ3) is 4.10. The number of imide groups is 1. The molecule has 0 aliphatic carbocycles. The van der Waals surface area contributed by atoms with Crippen LogP contribution in [0.5, 0.6) is 0 Å². The molecular weight excluding hydrogens is 478 g/mol. The zero-order valence-electron chi connectivity index (χ0n) is 19.3. The number of non-ortho nitro benzene ring substituents is 1. The summed E-state index contributed by atoms with van der Waals surface area (Å²) in [5.74, 6) is -2.46. The first-order valence-corrected chi connectivity index (χ1v) is 11.1. The maximum Gasteiger partial charge on any atom is 0.338 e. The number of Topliss-reactive ketones (excluding diaryl/α,β-unsaturated/α-hetero) is 1. The number of benzene rings is 3. The van der Waals surface area contributed by atoms with Crippen LogP contribution in [0, 0.1) is 17.0 Å². The van der Waals surface area contributed by atoms with Crippen LogP contribution in [0.1, 0.15) is 47.1 Å². The van der Waals surface area contributed by atoms with E-state index < -0.39 is 35.1 Å². The summed E-state index contributed by atoms with van der Waals surface area (Å²) in [6, 6.07) is 17.7. The molecule has 1 aliphatic heterocycles. The molecule has 0 fully saturated rings. The van der Waals surface area contributed by atoms with Crippen LogP contribution in [0.2, 0.25) is 0 Å². The molecule has 5 rings (SSSR count). The Morgan fingerprint density at radius 3 is 2.35 bits per heavy atom. The van der Waals surface area contributed by atoms with Gasteiger partial charge in [0.05, 0.1) is 38.5 Å². The van der Waals surface area contributed by atoms with E-state index in [2.05, 4.69) is 4.98 Å². The number of anilines is 1. The molecule has 1 aliphatic rings. The number of para-hydroxylation sites is 1. The van der Waals surface area contributed by atoms with Gasteiger partial charge in [-0.3, -0.25) is 29.5 Å². The predicted molar refractivity (Wildman–Crippen MR) is 132 cm³/mol. The van der Waals surface area contributed by atoms with E-state index in [1.165, 1.54) is 48.5 Å². The van der Waals surface area contributed by atoms with Crippen molar-refractivity contribution in [3.63, 3.8) is 0 Å². The second kappa shape index (κ2) is 9.08. The number of amides is 2. The zero-order valence-corrected chi connectivity index (χ0v) is 19.3. The van der Waals surface area contributed by atoms with Gasteiger partial charge >= 0.3 is 5.97 Å². The summed E-state index contributed by atoms with van der Waals surface area (Å²) in [6.07, 6.45) is 0. The standard InChI is InChI=1S/C27H17N3O7/c1-15-23-24(20-7-2-3-8-21(20)28-15)26(33)29(25(23)32)19-6-4-5-17(13-19)27(34)37-14-22(31)16-9-11-18(12-10-16)30(35)36/h2-13H,14H2,1H3. The van der Waals surface area contributed by atoms with Crippen LogP contribution in [0.25, 0.3) is 10.9 Å². The molecule has 37 heavy (non-hydrogen) atoms. The summed E-state index contributed by atoms with van der Waals surface area (Å²) in [4.78, 5) is 67.2. The molecule has 0 spiro atoms. The molecule has 0 unspecified atom stereocenters. The Bertz CT molecular complexity index is 1640. The maximum absolute atomic E-state index is 13.4. The lowest BCUT2D eigenvalue weighted by Gasteiger charge is -2.15. The number of esters is 1. The van der Waals surface area contributed by atoms with Gasteiger partial charge in [-0.25, -0.2) is 9.69 Å². The van der Waals surface area contributed by atoms with Crippen LogP contribution in [0.3, 0.4) is 0 Å². The van der Waals surface area contributed by atoms with Gasteiger partial charge in [0.2, 0.25) is 0 Å². The van der Waals surface area contributed by atoms with E-state index in [1.54, 1.807) is 31.2 Å². The average molecular weight is 495 g/mol. The molecule has 0 atom stereocenters. The van der Waals surface area contributed by atoms with E-state index in [0.29, 0.717) is 16.6 Å². The average Bonchev–Trinajstić information content (AvgIpc) is 3.17. The van der Waals surface area contributed by atoms with Crippen molar-refractivity contribution in [1.29, 1.82) is 0 Å². The smallest absolute Gasteiger partial charge is 0.338 e. The molecule has 10 nitrogen and oxygen atoms in total. The number of ether oxygens (including phenoxy) is 1. The normalized spacial score (nSPS) is 12.5. The summed E-state index contributed by atoms with van der Waals surface area (Å²) in [7, 11) is 0. The highest BCUT2D eigenvalue weighted by atomic mass is 16.6. The summed E-state index contributed by atoms with van der Waals surface area (Å²) in [5, 5.41) is 11.3. The number of hydrogen-bond donors (Lipinski definition) is 0. The van der Waals surface area contributed by atoms with Crippen molar-refractivity contribution >= 4 is 45.8 Å². The highest BCUT2D eigenvalue weighted by Gasteiger charge is 2.40. The molecule has 0 saturated carbocycles. The van der Waals surface area contributed by atoms with Crippen molar-refractivity contribution in [3.8, 4) is 0 Å². The number of fused-ring (bicyclic) bond motifs is 3. The number of carbonyl (C=O) groups is 4. The van der Waals surface area contributed by atoms with Crippen LogP contribution < -0.4 is 4.90 Å². The highest BCUT2D eigenvalue weighted by Crippen LogP contribution is 2.34. The van der Waals surface area contributed by atoms with Crippen molar-refractivity contribution < 1.29 is 28.8 Å². The van der Waals surface area contributed by atoms with E-state index in [4.69, 9.17) is 4.74 Å². The maximum atomic E-state index is 13.4. The van der Waals surface area contributed by atoms with Gasteiger partial charge in [0.1, 0.15) is 0 Å². The summed E-state index contributed by atoms with van der Waals surface area (Å²) >= 11 is 0. The lowest BCUT2D eigenvalue weighted by Crippen LogP contribution is -2.29. The second-order valence-electron chi connectivity index (χ2n) is 8.26. The van der Waals surface area contributed by atoms with E-state index >= 15 is 0 Å². The Morgan fingerprint density at radius 1 is 0.919 bits per heavy atom. The number of carbonyl (C=O) groups excluding carboxylic acids is 4. The van der Waals surface area contributed by atoms with Gasteiger partial charge < -0.3 is 4.74 Å². The number of hydrogen-bond acceptors (Lipinski definition) is 8. The number of nitrogens with zero attached hydrogens (tertiary/aromatic N) is 3. The largest absolute Gasteiger partial charge is 0.454 e. The first kappa shape index (κ1) is 23.5. The summed E-state index contributed by atoms with van der Waals surface area (Å²) in [6.45, 7) is 1.07. The molecule has 1 aromatic heterocycles. The van der Waals surface area contributed by atoms with E-state index in [1.807, 2.05) is 0 Å². The predicted octanol–water partition coefficient (Wildman–Crippen LogP) is 4.29. The minimum Gasteiger partial charge on any atom is -0.454 e. The number of nitro benzene ring substituents is 1. The van der Waals surface area contributed by atoms with Crippen molar-refractivity contribution in [2.75, 3.05) is 11.5 Å². The Kier molecular flexibility index (Phi) is 5.76. The molecule has 2 amide bonds. The molecule has 10 heteroatoms. The van der Waals surface area contributed by atoms with Gasteiger partial charge in [0, 0.05) is 23.1 Å². The van der Waals surface area contributed by atoms with Crippen molar-refractivity contribution in [2.45, 2.75) is 6.92 Å². The molecule has 0 saturated heterocycles. The zero-order chi connectivity index (χ0) is 26.3. The number of rotatable bonds is 6. The van der Waals surface area contributed by atoms with Crippen LogP contribution >= 0.6 is 0 Å². The number of pyridine rings is 1. The van der Waals surface area contributed by atoms with E-state index in [0.717, 1.165) is 4.90 Å². The Morgan fingerprint density at radius 2 is 1.62 bits per heavy atom. The third-order valence-corrected chi connectivity index (χ3v) is 5.98. The van der Waals surface area contributed by atoms with Gasteiger partial charge in [-0.1, -0.05) is 24.3 Å². The SMILES string of the molecule is Cc1nc2ccccc2c2c1C(=O)N(c1cccc(C(=O)OCC(=O)c3ccc([N+](=O)[O-])cc3)c1)C2=O. The lowest BCUT2D eigenvalue weighted by atomic mass is 10.0. The monoisotopic (exact) mass is 495 g/mol. The van der Waals surface area contributed by atoms with Gasteiger partial charge in [-0.2, -0.15) is 0 Å². The van der Waals surface area contributed by atoms with Gasteiger partial charge in [-0.15, -0.1) is 0 Å². The minimum absolute atomic E-state index is 0.0326. The Hall–Kier alpha value is -5.25. The van der Waals surface area contributed by atoms with Crippen molar-refractivity contribution in [3.05, 3.63) is 111 Å². The minimum atomic E-state index is -0.836. The van der Waals surface area contributed by atoms with Gasteiger partial charge in [-0.05, 0) is 43.3 Å². The number of aromatic nitrogens is 1. The first-order chi connectivity index (χ1) is 17.8. The fourth-order valence-corrected chi connectivity index (χ4v) is 4.21. The molecule has 2 heterocycles. The number of aryl methyl sites for hydroxylation is 1. The Labute approximate surface area is 209 Å². The summed E-state index contributed by atoms with van der Waals surface area (Å²) < 4.78 is 5.11. The van der Waals surface area contributed by atoms with Crippen LogP contribution in [-0.4, -0.2) is 40.1 Å². The highest BCUT2D eigenvalue weighted by molar-refractivity contribution is 6.37. The number of nitro groups is 1. The fraction of sp³-hybridized carbons (Fsp3) is 0.0741. The quantitative estimate of drug-likeness (QED) is 0.127. The third-order valence-electron chi connectivity index (χ3n) is 5.98. The molecule has 182 valence electrons. The van der Waals surface area contributed by atoms with Gasteiger partial charge in [0.25, 0.3) is 17.5 Å². The van der Waals surface area contributed by atoms with Crippen LogP contribution in [-0.2, 0) is 4.74 Å². The molecule has 0 bridgehead atoms. The molecule has 0 N–H and O–H groups in total. The fourth-order valence-electron chi connectivity index (χ4n) is 4.21. The lowest BCUT2D eigenvalue weighted by molar-refractivity contribution is -0.384. The van der Waals surface area contributed by atoms with Crippen molar-refractivity contribution in [2.24, 2.45) is 0 Å². The topological polar surface area (TPSA) is 137 Å². The van der Waals surface area contributed by atoms with Crippen molar-refractivity contribution in [1.82, 2.24) is 4.98 Å². The summed E-state index contributed by atoms with van der Waals surface area (Å²) in [5.41, 5.74) is 1.68. The number of ketones is 1. The molecule has 4 aromatic rings.